The normalized spacial score (nSPS) is 19.7. The molecule has 2 saturated heterocycles. The molecule has 0 radical (unpaired) electrons. The zero-order chi connectivity index (χ0) is 18.6. The molecule has 0 atom stereocenters. The standard InChI is InChI=1S/C21H31N5O/c1-2-23-12-15-25(16-13-23)21(27)20-18-8-4-5-9-19(18)26(22-20)17-14-24-10-6-3-7-11-24/h4-5,8-9H,2-3,6-7,10-17H2,1H3. The fraction of sp³-hybridized carbons (Fsp3) is 0.619. The minimum absolute atomic E-state index is 0.0821. The number of likely N-dealkylation sites (tertiary alicyclic amines) is 1. The van der Waals surface area contributed by atoms with E-state index in [1.54, 1.807) is 0 Å². The van der Waals surface area contributed by atoms with Gasteiger partial charge in [-0.15, -0.1) is 0 Å². The van der Waals surface area contributed by atoms with Gasteiger partial charge in [-0.2, -0.15) is 5.10 Å². The maximum Gasteiger partial charge on any atom is 0.275 e. The summed E-state index contributed by atoms with van der Waals surface area (Å²) >= 11 is 0. The lowest BCUT2D eigenvalue weighted by atomic mass is 10.1. The molecule has 2 fully saturated rings. The number of carbonyl (C=O) groups excluding carboxylic acids is 1. The number of likely N-dealkylation sites (N-methyl/N-ethyl adjacent to an activating group) is 1. The van der Waals surface area contributed by atoms with Crippen LogP contribution >= 0.6 is 0 Å². The molecule has 4 rings (SSSR count). The first-order valence-corrected chi connectivity index (χ1v) is 10.5. The Kier molecular flexibility index (Phi) is 5.74. The maximum atomic E-state index is 13.1. The summed E-state index contributed by atoms with van der Waals surface area (Å²) in [6.45, 7) is 10.9. The monoisotopic (exact) mass is 369 g/mol. The van der Waals surface area contributed by atoms with E-state index < -0.39 is 0 Å². The zero-order valence-corrected chi connectivity index (χ0v) is 16.4. The van der Waals surface area contributed by atoms with Crippen molar-refractivity contribution in [3.8, 4) is 0 Å². The Morgan fingerprint density at radius 3 is 2.41 bits per heavy atom. The van der Waals surface area contributed by atoms with Crippen LogP contribution in [0.15, 0.2) is 24.3 Å². The number of nitrogens with zero attached hydrogens (tertiary/aromatic N) is 5. The Morgan fingerprint density at radius 2 is 1.67 bits per heavy atom. The molecule has 0 bridgehead atoms. The molecule has 1 aromatic heterocycles. The molecule has 1 aromatic carbocycles. The minimum Gasteiger partial charge on any atom is -0.335 e. The van der Waals surface area contributed by atoms with E-state index in [2.05, 4.69) is 22.8 Å². The van der Waals surface area contributed by atoms with Crippen LogP contribution in [-0.4, -0.2) is 82.7 Å². The number of carbonyl (C=O) groups is 1. The Bertz CT molecular complexity index is 772. The third kappa shape index (κ3) is 4.01. The van der Waals surface area contributed by atoms with Crippen molar-refractivity contribution >= 4 is 16.8 Å². The Hall–Kier alpha value is -1.92. The maximum absolute atomic E-state index is 13.1. The molecule has 3 heterocycles. The van der Waals surface area contributed by atoms with Crippen molar-refractivity contribution in [2.24, 2.45) is 0 Å². The second-order valence-corrected chi connectivity index (χ2v) is 7.72. The SMILES string of the molecule is CCN1CCN(C(=O)c2nn(CCN3CCCCC3)c3ccccc23)CC1. The summed E-state index contributed by atoms with van der Waals surface area (Å²) in [6, 6.07) is 8.17. The molecule has 0 saturated carbocycles. The van der Waals surface area contributed by atoms with E-state index in [9.17, 15) is 4.79 Å². The lowest BCUT2D eigenvalue weighted by molar-refractivity contribution is 0.0638. The molecular formula is C21H31N5O. The minimum atomic E-state index is 0.0821. The van der Waals surface area contributed by atoms with E-state index in [1.807, 2.05) is 27.8 Å². The van der Waals surface area contributed by atoms with E-state index in [0.717, 1.165) is 56.7 Å². The zero-order valence-electron chi connectivity index (χ0n) is 16.4. The van der Waals surface area contributed by atoms with Gasteiger partial charge in [0.15, 0.2) is 5.69 Å². The Balaban J connectivity index is 1.51. The molecule has 6 heteroatoms. The van der Waals surface area contributed by atoms with Crippen molar-refractivity contribution in [1.29, 1.82) is 0 Å². The number of rotatable bonds is 5. The second kappa shape index (κ2) is 8.40. The van der Waals surface area contributed by atoms with Gasteiger partial charge >= 0.3 is 0 Å². The van der Waals surface area contributed by atoms with E-state index >= 15 is 0 Å². The van der Waals surface area contributed by atoms with Crippen LogP contribution < -0.4 is 0 Å². The smallest absolute Gasteiger partial charge is 0.275 e. The van der Waals surface area contributed by atoms with Crippen molar-refractivity contribution in [2.45, 2.75) is 32.7 Å². The molecule has 0 unspecified atom stereocenters. The van der Waals surface area contributed by atoms with Crippen molar-refractivity contribution in [3.05, 3.63) is 30.0 Å². The van der Waals surface area contributed by atoms with Crippen LogP contribution in [0.2, 0.25) is 0 Å². The number of fused-ring (bicyclic) bond motifs is 1. The third-order valence-corrected chi connectivity index (χ3v) is 6.04. The van der Waals surface area contributed by atoms with Gasteiger partial charge in [0.2, 0.25) is 0 Å². The molecule has 146 valence electrons. The summed E-state index contributed by atoms with van der Waals surface area (Å²) in [4.78, 5) is 20.0. The number of aromatic nitrogens is 2. The average Bonchev–Trinajstić information content (AvgIpc) is 3.11. The summed E-state index contributed by atoms with van der Waals surface area (Å²) in [6.07, 6.45) is 3.95. The number of piperidine rings is 1. The van der Waals surface area contributed by atoms with Crippen molar-refractivity contribution in [1.82, 2.24) is 24.5 Å². The van der Waals surface area contributed by atoms with E-state index in [-0.39, 0.29) is 5.91 Å². The summed E-state index contributed by atoms with van der Waals surface area (Å²) in [5, 5.41) is 5.76. The van der Waals surface area contributed by atoms with Gasteiger partial charge in [-0.25, -0.2) is 0 Å². The van der Waals surface area contributed by atoms with Crippen LogP contribution in [0.3, 0.4) is 0 Å². The van der Waals surface area contributed by atoms with E-state index in [4.69, 9.17) is 5.10 Å². The van der Waals surface area contributed by atoms with Gasteiger partial charge in [-0.3, -0.25) is 9.48 Å². The lowest BCUT2D eigenvalue weighted by Crippen LogP contribution is -2.48. The quantitative estimate of drug-likeness (QED) is 0.811. The summed E-state index contributed by atoms with van der Waals surface area (Å²) in [5.74, 6) is 0.0821. The highest BCUT2D eigenvalue weighted by atomic mass is 16.2. The van der Waals surface area contributed by atoms with Gasteiger partial charge in [-0.05, 0) is 38.5 Å². The lowest BCUT2D eigenvalue weighted by Gasteiger charge is -2.33. The first-order chi connectivity index (χ1) is 13.3. The molecule has 27 heavy (non-hydrogen) atoms. The predicted molar refractivity (Wildman–Crippen MR) is 108 cm³/mol. The molecule has 0 N–H and O–H groups in total. The third-order valence-electron chi connectivity index (χ3n) is 6.04. The molecule has 2 aromatic rings. The molecule has 0 spiro atoms. The first kappa shape index (κ1) is 18.4. The van der Waals surface area contributed by atoms with Crippen LogP contribution in [0, 0.1) is 0 Å². The highest BCUT2D eigenvalue weighted by molar-refractivity contribution is 6.04. The second-order valence-electron chi connectivity index (χ2n) is 7.72. The van der Waals surface area contributed by atoms with Gasteiger partial charge in [-0.1, -0.05) is 31.5 Å². The van der Waals surface area contributed by atoms with Gasteiger partial charge in [0.05, 0.1) is 12.1 Å². The molecule has 2 aliphatic rings. The first-order valence-electron chi connectivity index (χ1n) is 10.5. The topological polar surface area (TPSA) is 44.6 Å². The van der Waals surface area contributed by atoms with Crippen LogP contribution in [0.25, 0.3) is 10.9 Å². The number of piperazine rings is 1. The molecule has 1 amide bonds. The number of para-hydroxylation sites is 1. The van der Waals surface area contributed by atoms with Crippen molar-refractivity contribution in [3.63, 3.8) is 0 Å². The van der Waals surface area contributed by atoms with Gasteiger partial charge in [0.25, 0.3) is 5.91 Å². The van der Waals surface area contributed by atoms with Gasteiger partial charge in [0, 0.05) is 38.1 Å². The summed E-state index contributed by atoms with van der Waals surface area (Å²) in [5.41, 5.74) is 1.69. The van der Waals surface area contributed by atoms with Gasteiger partial charge in [0.1, 0.15) is 0 Å². The largest absolute Gasteiger partial charge is 0.335 e. The van der Waals surface area contributed by atoms with Crippen LogP contribution in [0.4, 0.5) is 0 Å². The Morgan fingerprint density at radius 1 is 0.926 bits per heavy atom. The molecule has 0 aliphatic carbocycles. The fourth-order valence-corrected chi connectivity index (χ4v) is 4.29. The summed E-state index contributed by atoms with van der Waals surface area (Å²) in [7, 11) is 0. The van der Waals surface area contributed by atoms with Crippen LogP contribution in [-0.2, 0) is 6.54 Å². The van der Waals surface area contributed by atoms with Crippen LogP contribution in [0.5, 0.6) is 0 Å². The van der Waals surface area contributed by atoms with Crippen molar-refractivity contribution < 1.29 is 4.79 Å². The molecule has 2 aliphatic heterocycles. The van der Waals surface area contributed by atoms with E-state index in [1.165, 1.54) is 32.4 Å². The Labute approximate surface area is 161 Å². The highest BCUT2D eigenvalue weighted by Gasteiger charge is 2.25. The number of hydrogen-bond acceptors (Lipinski definition) is 4. The molecule has 6 nitrogen and oxygen atoms in total. The number of hydrogen-bond donors (Lipinski definition) is 0. The number of amides is 1. The predicted octanol–water partition coefficient (Wildman–Crippen LogP) is 2.30. The number of benzene rings is 1. The fourth-order valence-electron chi connectivity index (χ4n) is 4.29. The summed E-state index contributed by atoms with van der Waals surface area (Å²) < 4.78 is 2.04. The van der Waals surface area contributed by atoms with Gasteiger partial charge < -0.3 is 14.7 Å². The highest BCUT2D eigenvalue weighted by Crippen LogP contribution is 2.21. The van der Waals surface area contributed by atoms with E-state index in [0.29, 0.717) is 5.69 Å². The average molecular weight is 370 g/mol. The molecular weight excluding hydrogens is 338 g/mol. The van der Waals surface area contributed by atoms with Crippen LogP contribution in [0.1, 0.15) is 36.7 Å². The van der Waals surface area contributed by atoms with Crippen molar-refractivity contribution in [2.75, 3.05) is 52.4 Å².